The Labute approximate surface area is 184 Å². The van der Waals surface area contributed by atoms with Gasteiger partial charge in [-0.15, -0.1) is 0 Å². The number of carbonyl (C=O) groups excluding carboxylic acids is 1. The fourth-order valence-electron chi connectivity index (χ4n) is 6.54. The topological polar surface area (TPSA) is 87.0 Å². The summed E-state index contributed by atoms with van der Waals surface area (Å²) in [6.45, 7) is 1.46. The highest BCUT2D eigenvalue weighted by Crippen LogP contribution is 2.44. The molecule has 6 aliphatic rings. The summed E-state index contributed by atoms with van der Waals surface area (Å²) in [5, 5.41) is 4.00. The zero-order chi connectivity index (χ0) is 21.3. The zero-order valence-corrected chi connectivity index (χ0v) is 19.0. The van der Waals surface area contributed by atoms with Crippen molar-refractivity contribution >= 4 is 16.0 Å². The van der Waals surface area contributed by atoms with Crippen LogP contribution < -0.4 is 0 Å². The summed E-state index contributed by atoms with van der Waals surface area (Å²) in [6.07, 6.45) is 8.11. The predicted octanol–water partition coefficient (Wildman–Crippen LogP) is 2.39. The first-order chi connectivity index (χ1) is 14.9. The fourth-order valence-corrected chi connectivity index (χ4v) is 8.83. The van der Waals surface area contributed by atoms with E-state index in [2.05, 4.69) is 17.1 Å². The number of likely N-dealkylation sites (N-methyl/N-ethyl adjacent to an activating group) is 1. The van der Waals surface area contributed by atoms with Crippen molar-refractivity contribution in [2.24, 2.45) is 5.92 Å². The van der Waals surface area contributed by atoms with Gasteiger partial charge in [0.2, 0.25) is 0 Å². The summed E-state index contributed by atoms with van der Waals surface area (Å²) in [4.78, 5) is 15.1. The van der Waals surface area contributed by atoms with Gasteiger partial charge in [-0.25, -0.2) is 0 Å². The van der Waals surface area contributed by atoms with Crippen LogP contribution in [0.5, 0.6) is 0 Å². The molecule has 0 radical (unpaired) electrons. The first-order valence-electron chi connectivity index (χ1n) is 11.9. The molecule has 6 fully saturated rings. The second-order valence-electron chi connectivity index (χ2n) is 10.5. The molecular weight excluding hydrogens is 416 g/mol. The lowest BCUT2D eigenvalue weighted by molar-refractivity contribution is 0.0353. The molecule has 0 N–H and O–H groups in total. The molecule has 0 spiro atoms. The van der Waals surface area contributed by atoms with E-state index in [0.29, 0.717) is 30.6 Å². The number of piperidine rings is 3. The molecule has 8 nitrogen and oxygen atoms in total. The third-order valence-corrected chi connectivity index (χ3v) is 10.5. The van der Waals surface area contributed by atoms with Crippen molar-refractivity contribution in [3.05, 3.63) is 17.5 Å². The summed E-state index contributed by atoms with van der Waals surface area (Å²) in [5.74, 6) is 1.54. The standard InChI is InChI=1S/C22H32N4O4S/c1-24-12-19-7-6-18(24)13-25(19)31(28,29)26-16-4-5-17(26)9-14(8-16)10-21(27)20-11-22(30-23-20)15-2-3-15/h11,14-19H,2-10,12-13H2,1H3/t14?,16-,17+,18?,19?. The van der Waals surface area contributed by atoms with E-state index in [9.17, 15) is 13.2 Å². The maximum Gasteiger partial charge on any atom is 0.282 e. The molecule has 170 valence electrons. The molecule has 9 heteroatoms. The first kappa shape index (κ1) is 20.3. The third kappa shape index (κ3) is 3.48. The molecule has 31 heavy (non-hydrogen) atoms. The highest BCUT2D eigenvalue weighted by molar-refractivity contribution is 7.86. The van der Waals surface area contributed by atoms with Crippen molar-refractivity contribution in [1.29, 1.82) is 0 Å². The zero-order valence-electron chi connectivity index (χ0n) is 18.1. The Morgan fingerprint density at radius 1 is 1.03 bits per heavy atom. The Hall–Kier alpha value is -1.29. The van der Waals surface area contributed by atoms with E-state index < -0.39 is 10.2 Å². The highest BCUT2D eigenvalue weighted by Gasteiger charge is 2.52. The average molecular weight is 449 g/mol. The Morgan fingerprint density at radius 3 is 2.32 bits per heavy atom. The lowest BCUT2D eigenvalue weighted by atomic mass is 9.87. The van der Waals surface area contributed by atoms with Crippen molar-refractivity contribution in [3.63, 3.8) is 0 Å². The Balaban J connectivity index is 1.13. The van der Waals surface area contributed by atoms with Crippen molar-refractivity contribution in [2.45, 2.75) is 87.9 Å². The molecule has 1 aliphatic carbocycles. The van der Waals surface area contributed by atoms with Crippen LogP contribution in [0.15, 0.2) is 10.6 Å². The number of piperazine rings is 1. The number of Topliss-reactive ketones (excluding diaryl/α,β-unsaturated/α-hetero) is 1. The molecule has 5 saturated heterocycles. The van der Waals surface area contributed by atoms with Crippen molar-refractivity contribution in [1.82, 2.24) is 18.7 Å². The van der Waals surface area contributed by atoms with Gasteiger partial charge in [0.15, 0.2) is 5.78 Å². The maximum absolute atomic E-state index is 13.7. The van der Waals surface area contributed by atoms with E-state index in [1.54, 1.807) is 4.31 Å². The van der Waals surface area contributed by atoms with E-state index >= 15 is 0 Å². The summed E-state index contributed by atoms with van der Waals surface area (Å²) < 4.78 is 36.3. The van der Waals surface area contributed by atoms with Gasteiger partial charge in [-0.3, -0.25) is 4.79 Å². The van der Waals surface area contributed by atoms with Gasteiger partial charge in [0.1, 0.15) is 11.5 Å². The third-order valence-electron chi connectivity index (χ3n) is 8.35. The van der Waals surface area contributed by atoms with Crippen LogP contribution in [0, 0.1) is 5.92 Å². The Kier molecular flexibility index (Phi) is 4.83. The van der Waals surface area contributed by atoms with Crippen LogP contribution in [0.4, 0.5) is 0 Å². The molecule has 1 aromatic heterocycles. The molecule has 1 saturated carbocycles. The summed E-state index contributed by atoms with van der Waals surface area (Å²) in [7, 11) is -1.34. The fraction of sp³-hybridized carbons (Fsp3) is 0.818. The monoisotopic (exact) mass is 448 g/mol. The number of fused-ring (bicyclic) bond motifs is 5. The first-order valence-corrected chi connectivity index (χ1v) is 13.3. The van der Waals surface area contributed by atoms with E-state index in [0.717, 1.165) is 63.7 Å². The smallest absolute Gasteiger partial charge is 0.282 e. The van der Waals surface area contributed by atoms with Gasteiger partial charge in [0.25, 0.3) is 10.2 Å². The van der Waals surface area contributed by atoms with Gasteiger partial charge >= 0.3 is 0 Å². The van der Waals surface area contributed by atoms with Crippen LogP contribution in [0.1, 0.15) is 80.0 Å². The van der Waals surface area contributed by atoms with Gasteiger partial charge in [-0.1, -0.05) is 5.16 Å². The molecular formula is C22H32N4O4S. The van der Waals surface area contributed by atoms with Crippen molar-refractivity contribution in [3.8, 4) is 0 Å². The lowest BCUT2D eigenvalue weighted by Crippen LogP contribution is -2.66. The summed E-state index contributed by atoms with van der Waals surface area (Å²) >= 11 is 0. The molecule has 0 aromatic carbocycles. The number of hydrogen-bond donors (Lipinski definition) is 0. The van der Waals surface area contributed by atoms with E-state index in [1.807, 2.05) is 10.4 Å². The lowest BCUT2D eigenvalue weighted by Gasteiger charge is -2.51. The van der Waals surface area contributed by atoms with Gasteiger partial charge < -0.3 is 9.42 Å². The minimum atomic E-state index is -3.45. The second-order valence-corrected chi connectivity index (χ2v) is 12.3. The molecule has 3 unspecified atom stereocenters. The van der Waals surface area contributed by atoms with E-state index in [-0.39, 0.29) is 29.8 Å². The number of rotatable bonds is 6. The normalized spacial score (nSPS) is 36.9. The number of carbonyl (C=O) groups is 1. The molecule has 1 aromatic rings. The summed E-state index contributed by atoms with van der Waals surface area (Å²) in [6, 6.07) is 2.32. The van der Waals surface area contributed by atoms with Gasteiger partial charge in [-0.05, 0) is 64.3 Å². The van der Waals surface area contributed by atoms with Crippen LogP contribution in [-0.4, -0.2) is 77.2 Å². The van der Waals surface area contributed by atoms with Crippen LogP contribution in [0.25, 0.3) is 0 Å². The van der Waals surface area contributed by atoms with E-state index in [1.165, 1.54) is 0 Å². The molecule has 5 aliphatic heterocycles. The molecule has 4 bridgehead atoms. The van der Waals surface area contributed by atoms with Crippen LogP contribution in [0.2, 0.25) is 0 Å². The largest absolute Gasteiger partial charge is 0.360 e. The van der Waals surface area contributed by atoms with Crippen LogP contribution in [0.3, 0.4) is 0 Å². The minimum absolute atomic E-state index is 0.0269. The minimum Gasteiger partial charge on any atom is -0.360 e. The predicted molar refractivity (Wildman–Crippen MR) is 114 cm³/mol. The quantitative estimate of drug-likeness (QED) is 0.621. The molecule has 7 rings (SSSR count). The molecule has 5 atom stereocenters. The maximum atomic E-state index is 13.7. The molecule has 6 heterocycles. The summed E-state index contributed by atoms with van der Waals surface area (Å²) in [5.41, 5.74) is 0.442. The van der Waals surface area contributed by atoms with E-state index in [4.69, 9.17) is 4.52 Å². The van der Waals surface area contributed by atoms with Gasteiger partial charge in [-0.2, -0.15) is 17.0 Å². The number of nitrogens with zero attached hydrogens (tertiary/aromatic N) is 4. The Bertz CT molecular complexity index is 960. The van der Waals surface area contributed by atoms with Gasteiger partial charge in [0.05, 0.1) is 0 Å². The average Bonchev–Trinajstić information content (AvgIpc) is 3.40. The number of aromatic nitrogens is 1. The highest BCUT2D eigenvalue weighted by atomic mass is 32.2. The van der Waals surface area contributed by atoms with Crippen molar-refractivity contribution < 1.29 is 17.7 Å². The second kappa shape index (κ2) is 7.37. The van der Waals surface area contributed by atoms with Crippen LogP contribution >= 0.6 is 0 Å². The Morgan fingerprint density at radius 2 is 1.71 bits per heavy atom. The van der Waals surface area contributed by atoms with Gasteiger partial charge in [0, 0.05) is 55.7 Å². The number of ketones is 1. The van der Waals surface area contributed by atoms with Crippen LogP contribution in [-0.2, 0) is 10.2 Å². The SMILES string of the molecule is CN1CC2CCC1CN2S(=O)(=O)N1[C@@H]2CC[C@H]1CC(CC(=O)c1cc(C3CC3)on1)C2. The van der Waals surface area contributed by atoms with Crippen molar-refractivity contribution in [2.75, 3.05) is 20.1 Å². The molecule has 0 amide bonds. The number of hydrogen-bond acceptors (Lipinski definition) is 6.